The van der Waals surface area contributed by atoms with Crippen molar-refractivity contribution in [1.29, 1.82) is 0 Å². The lowest BCUT2D eigenvalue weighted by molar-refractivity contribution is -0.149. The first-order valence-electron chi connectivity index (χ1n) is 9.02. The maximum Gasteiger partial charge on any atom is 0.449 e. The van der Waals surface area contributed by atoms with Crippen LogP contribution in [0.25, 0.3) is 11.0 Å². The molecule has 4 rings (SSSR count). The zero-order valence-corrected chi connectivity index (χ0v) is 15.5. The Morgan fingerprint density at radius 3 is 2.66 bits per heavy atom. The number of aromatic amines is 1. The molecule has 0 bridgehead atoms. The van der Waals surface area contributed by atoms with E-state index in [-0.39, 0.29) is 16.9 Å². The minimum atomic E-state index is -4.76. The molecular formula is C18H19F3N6O2. The normalized spacial score (nSPS) is 16.2. The van der Waals surface area contributed by atoms with Crippen molar-refractivity contribution >= 4 is 16.9 Å². The van der Waals surface area contributed by atoms with Crippen LogP contribution in [0.3, 0.4) is 0 Å². The molecule has 1 aromatic carbocycles. The van der Waals surface area contributed by atoms with Gasteiger partial charge in [-0.05, 0) is 12.1 Å². The van der Waals surface area contributed by atoms with Crippen LogP contribution in [0, 0.1) is 0 Å². The fourth-order valence-electron chi connectivity index (χ4n) is 3.50. The van der Waals surface area contributed by atoms with E-state index in [4.69, 9.17) is 4.74 Å². The summed E-state index contributed by atoms with van der Waals surface area (Å²) < 4.78 is 47.8. The number of nitrogens with one attached hydrogen (secondary N) is 2. The van der Waals surface area contributed by atoms with Crippen LogP contribution in [0.2, 0.25) is 0 Å². The largest absolute Gasteiger partial charge is 0.497 e. The van der Waals surface area contributed by atoms with E-state index < -0.39 is 23.9 Å². The number of H-pyrrole nitrogens is 1. The number of amides is 1. The van der Waals surface area contributed by atoms with E-state index >= 15 is 0 Å². The van der Waals surface area contributed by atoms with Crippen molar-refractivity contribution < 1.29 is 22.7 Å². The Kier molecular flexibility index (Phi) is 4.91. The monoisotopic (exact) mass is 408 g/mol. The van der Waals surface area contributed by atoms with Crippen molar-refractivity contribution in [3.63, 3.8) is 0 Å². The fraction of sp³-hybridized carbons (Fsp3) is 0.389. The number of alkyl halides is 3. The number of imidazole rings is 2. The minimum Gasteiger partial charge on any atom is -0.497 e. The van der Waals surface area contributed by atoms with E-state index in [9.17, 15) is 18.0 Å². The van der Waals surface area contributed by atoms with Gasteiger partial charge in [-0.2, -0.15) is 13.2 Å². The lowest BCUT2D eigenvalue weighted by atomic mass is 10.2. The molecular weight excluding hydrogens is 389 g/mol. The van der Waals surface area contributed by atoms with Crippen LogP contribution in [0.4, 0.5) is 13.2 Å². The number of hydrogen-bond donors (Lipinski definition) is 2. The van der Waals surface area contributed by atoms with Gasteiger partial charge in [0.1, 0.15) is 11.6 Å². The standard InChI is InChI=1S/C18H19F3N6O2/c1-29-11-2-3-12-13(10-11)27(17(25-12)18(19,20)21)14(15-23-4-5-24-15)16(28)26-8-6-22-7-9-26/h2-5,10,14,22H,6-9H2,1H3,(H,23,24). The van der Waals surface area contributed by atoms with Crippen LogP contribution >= 0.6 is 0 Å². The molecule has 1 fully saturated rings. The Bertz CT molecular complexity index is 1010. The molecule has 154 valence electrons. The zero-order chi connectivity index (χ0) is 20.6. The molecule has 8 nitrogen and oxygen atoms in total. The highest BCUT2D eigenvalue weighted by Gasteiger charge is 2.43. The number of carbonyl (C=O) groups is 1. The average Bonchev–Trinajstić information content (AvgIpc) is 3.37. The van der Waals surface area contributed by atoms with Crippen LogP contribution in [0.5, 0.6) is 5.75 Å². The first-order valence-corrected chi connectivity index (χ1v) is 9.02. The Hall–Kier alpha value is -3.08. The number of nitrogens with zero attached hydrogens (tertiary/aromatic N) is 4. The second kappa shape index (κ2) is 7.39. The Morgan fingerprint density at radius 1 is 1.28 bits per heavy atom. The van der Waals surface area contributed by atoms with Gasteiger partial charge in [-0.3, -0.25) is 4.79 Å². The molecule has 3 aromatic rings. The van der Waals surface area contributed by atoms with Crippen molar-refractivity contribution in [3.05, 3.63) is 42.2 Å². The zero-order valence-electron chi connectivity index (χ0n) is 15.5. The molecule has 2 aromatic heterocycles. The summed E-state index contributed by atoms with van der Waals surface area (Å²) in [6.07, 6.45) is -1.89. The first-order chi connectivity index (χ1) is 13.9. The number of rotatable bonds is 4. The van der Waals surface area contributed by atoms with E-state index in [1.807, 2.05) is 0 Å². The van der Waals surface area contributed by atoms with E-state index in [0.29, 0.717) is 31.9 Å². The average molecular weight is 408 g/mol. The number of fused-ring (bicyclic) bond motifs is 1. The lowest BCUT2D eigenvalue weighted by Crippen LogP contribution is -2.49. The number of halogens is 3. The van der Waals surface area contributed by atoms with Crippen LogP contribution in [0.15, 0.2) is 30.6 Å². The molecule has 0 radical (unpaired) electrons. The van der Waals surface area contributed by atoms with Gasteiger partial charge in [0, 0.05) is 44.6 Å². The van der Waals surface area contributed by atoms with E-state index in [2.05, 4.69) is 20.3 Å². The van der Waals surface area contributed by atoms with Gasteiger partial charge in [-0.15, -0.1) is 0 Å². The maximum absolute atomic E-state index is 13.9. The molecule has 3 heterocycles. The quantitative estimate of drug-likeness (QED) is 0.688. The third-order valence-corrected chi connectivity index (χ3v) is 4.85. The molecule has 1 unspecified atom stereocenters. The summed E-state index contributed by atoms with van der Waals surface area (Å²) in [6.45, 7) is 1.93. The molecule has 29 heavy (non-hydrogen) atoms. The number of carbonyl (C=O) groups excluding carboxylic acids is 1. The summed E-state index contributed by atoms with van der Waals surface area (Å²) >= 11 is 0. The van der Waals surface area contributed by atoms with Gasteiger partial charge >= 0.3 is 6.18 Å². The minimum absolute atomic E-state index is 0.112. The summed E-state index contributed by atoms with van der Waals surface area (Å²) in [5.74, 6) is -1.17. The second-order valence-corrected chi connectivity index (χ2v) is 6.61. The third-order valence-electron chi connectivity index (χ3n) is 4.85. The molecule has 1 saturated heterocycles. The maximum atomic E-state index is 13.9. The molecule has 0 saturated carbocycles. The summed E-state index contributed by atoms with van der Waals surface area (Å²) in [4.78, 5) is 25.6. The predicted molar refractivity (Wildman–Crippen MR) is 97.5 cm³/mol. The van der Waals surface area contributed by atoms with Crippen molar-refractivity contribution in [2.24, 2.45) is 0 Å². The SMILES string of the molecule is COc1ccc2nc(C(F)(F)F)n(C(C(=O)N3CCNCC3)c3ncc[nH]3)c2c1. The second-order valence-electron chi connectivity index (χ2n) is 6.61. The highest BCUT2D eigenvalue weighted by molar-refractivity contribution is 5.87. The number of benzene rings is 1. The lowest BCUT2D eigenvalue weighted by Gasteiger charge is -2.31. The summed E-state index contributed by atoms with van der Waals surface area (Å²) in [5.41, 5.74) is 0.254. The van der Waals surface area contributed by atoms with E-state index in [1.165, 1.54) is 42.6 Å². The molecule has 1 aliphatic heterocycles. The molecule has 1 aliphatic rings. The number of ether oxygens (including phenoxy) is 1. The molecule has 11 heteroatoms. The number of piperazine rings is 1. The van der Waals surface area contributed by atoms with Crippen molar-refractivity contribution in [1.82, 2.24) is 29.7 Å². The van der Waals surface area contributed by atoms with Gasteiger partial charge in [0.2, 0.25) is 5.82 Å². The van der Waals surface area contributed by atoms with Gasteiger partial charge in [0.25, 0.3) is 5.91 Å². The molecule has 0 spiro atoms. The highest BCUT2D eigenvalue weighted by atomic mass is 19.4. The molecule has 0 aliphatic carbocycles. The smallest absolute Gasteiger partial charge is 0.449 e. The van der Waals surface area contributed by atoms with Gasteiger partial charge < -0.3 is 24.5 Å². The van der Waals surface area contributed by atoms with Gasteiger partial charge in [0.05, 0.1) is 18.1 Å². The van der Waals surface area contributed by atoms with Crippen molar-refractivity contribution in [3.8, 4) is 5.75 Å². The van der Waals surface area contributed by atoms with Gasteiger partial charge in [0.15, 0.2) is 6.04 Å². The van der Waals surface area contributed by atoms with Crippen molar-refractivity contribution in [2.45, 2.75) is 12.2 Å². The summed E-state index contributed by atoms with van der Waals surface area (Å²) in [6, 6.07) is 3.07. The van der Waals surface area contributed by atoms with Crippen LogP contribution < -0.4 is 10.1 Å². The topological polar surface area (TPSA) is 88.1 Å². The van der Waals surface area contributed by atoms with Crippen LogP contribution in [0.1, 0.15) is 17.7 Å². The Morgan fingerprint density at radius 2 is 2.03 bits per heavy atom. The van der Waals surface area contributed by atoms with Crippen LogP contribution in [-0.2, 0) is 11.0 Å². The van der Waals surface area contributed by atoms with Crippen LogP contribution in [-0.4, -0.2) is 63.6 Å². The molecule has 1 atom stereocenters. The number of hydrogen-bond acceptors (Lipinski definition) is 5. The van der Waals surface area contributed by atoms with Gasteiger partial charge in [-0.1, -0.05) is 0 Å². The fourth-order valence-corrected chi connectivity index (χ4v) is 3.50. The van der Waals surface area contributed by atoms with Gasteiger partial charge in [-0.25, -0.2) is 9.97 Å². The third kappa shape index (κ3) is 3.53. The summed E-state index contributed by atoms with van der Waals surface area (Å²) in [7, 11) is 1.42. The predicted octanol–water partition coefficient (Wildman–Crippen LogP) is 1.81. The van der Waals surface area contributed by atoms with E-state index in [0.717, 1.165) is 4.57 Å². The Labute approximate surface area is 163 Å². The van der Waals surface area contributed by atoms with E-state index in [1.54, 1.807) is 0 Å². The molecule has 2 N–H and O–H groups in total. The molecule has 1 amide bonds. The first kappa shape index (κ1) is 19.2. The highest BCUT2D eigenvalue weighted by Crippen LogP contribution is 2.36. The number of aromatic nitrogens is 4. The summed E-state index contributed by atoms with van der Waals surface area (Å²) in [5, 5.41) is 3.13. The number of methoxy groups -OCH3 is 1. The Balaban J connectivity index is 1.94. The van der Waals surface area contributed by atoms with Crippen molar-refractivity contribution in [2.75, 3.05) is 33.3 Å².